The molecule has 0 aliphatic carbocycles. The van der Waals surface area contributed by atoms with Gasteiger partial charge in [-0.25, -0.2) is 0 Å². The van der Waals surface area contributed by atoms with Crippen LogP contribution in [0.5, 0.6) is 0 Å². The number of hydrogen-bond donors (Lipinski definition) is 4. The summed E-state index contributed by atoms with van der Waals surface area (Å²) in [5, 5.41) is 14.9. The molecule has 0 spiro atoms. The van der Waals surface area contributed by atoms with Gasteiger partial charge in [0.05, 0.1) is 22.8 Å². The first-order valence-corrected chi connectivity index (χ1v) is 7.60. The van der Waals surface area contributed by atoms with Gasteiger partial charge in [-0.2, -0.15) is 10.2 Å². The van der Waals surface area contributed by atoms with Gasteiger partial charge < -0.3 is 11.5 Å². The third-order valence-corrected chi connectivity index (χ3v) is 3.98. The Kier molecular flexibility index (Phi) is 3.96. The summed E-state index contributed by atoms with van der Waals surface area (Å²) < 4.78 is 0. The molecule has 6 heteroatoms. The lowest BCUT2D eigenvalue weighted by atomic mass is 9.86. The first-order valence-electron chi connectivity index (χ1n) is 7.60. The molecular weight excluding hydrogens is 276 g/mol. The highest BCUT2D eigenvalue weighted by atomic mass is 15.2. The standard InChI is InChI=1S/C16H28N6/c1-14(2,3)10-7-12(21-19-10)16(18,9-17)13-8-11(20-22-13)15(4,5)6/h7-8H,9,17-18H2,1-6H3,(H,19,21)(H,20,22). The SMILES string of the molecule is CC(C)(C)c1cc(C(N)(CN)c2cc(C(C)(C)C)n[nH]2)[nH]n1. The van der Waals surface area contributed by atoms with E-state index in [1.165, 1.54) is 0 Å². The molecule has 0 amide bonds. The van der Waals surface area contributed by atoms with Gasteiger partial charge in [-0.05, 0) is 12.1 Å². The van der Waals surface area contributed by atoms with Gasteiger partial charge in [0.15, 0.2) is 0 Å². The molecule has 6 nitrogen and oxygen atoms in total. The molecule has 2 aromatic rings. The number of H-pyrrole nitrogens is 2. The van der Waals surface area contributed by atoms with E-state index in [0.717, 1.165) is 22.8 Å². The summed E-state index contributed by atoms with van der Waals surface area (Å²) in [6, 6.07) is 3.98. The van der Waals surface area contributed by atoms with E-state index in [9.17, 15) is 0 Å². The maximum atomic E-state index is 6.59. The number of hydrogen-bond acceptors (Lipinski definition) is 4. The van der Waals surface area contributed by atoms with Gasteiger partial charge in [-0.1, -0.05) is 41.5 Å². The number of rotatable bonds is 3. The van der Waals surface area contributed by atoms with E-state index >= 15 is 0 Å². The molecule has 122 valence electrons. The van der Waals surface area contributed by atoms with Crippen molar-refractivity contribution in [1.29, 1.82) is 0 Å². The lowest BCUT2D eigenvalue weighted by Crippen LogP contribution is -2.45. The quantitative estimate of drug-likeness (QED) is 0.694. The van der Waals surface area contributed by atoms with Crippen LogP contribution in [0.3, 0.4) is 0 Å². The van der Waals surface area contributed by atoms with Crippen LogP contribution in [0.1, 0.15) is 64.3 Å². The smallest absolute Gasteiger partial charge is 0.112 e. The summed E-state index contributed by atoms with van der Waals surface area (Å²) in [6.07, 6.45) is 0. The molecule has 0 aliphatic rings. The summed E-state index contributed by atoms with van der Waals surface area (Å²) in [7, 11) is 0. The van der Waals surface area contributed by atoms with Crippen molar-refractivity contribution >= 4 is 0 Å². The molecular formula is C16H28N6. The third kappa shape index (κ3) is 2.94. The van der Waals surface area contributed by atoms with Crippen molar-refractivity contribution in [2.75, 3.05) is 6.54 Å². The maximum Gasteiger partial charge on any atom is 0.112 e. The zero-order chi connectivity index (χ0) is 16.8. The van der Waals surface area contributed by atoms with E-state index in [0.29, 0.717) is 0 Å². The Labute approximate surface area is 132 Å². The maximum absolute atomic E-state index is 6.59. The fraction of sp³-hybridized carbons (Fsp3) is 0.625. The van der Waals surface area contributed by atoms with Gasteiger partial charge in [0.25, 0.3) is 0 Å². The van der Waals surface area contributed by atoms with E-state index in [1.54, 1.807) is 0 Å². The number of nitrogens with one attached hydrogen (secondary N) is 2. The molecule has 2 aromatic heterocycles. The summed E-state index contributed by atoms with van der Waals surface area (Å²) in [5.74, 6) is 0. The van der Waals surface area contributed by atoms with Crippen molar-refractivity contribution in [2.24, 2.45) is 11.5 Å². The van der Waals surface area contributed by atoms with Crippen molar-refractivity contribution in [1.82, 2.24) is 20.4 Å². The molecule has 2 heterocycles. The third-order valence-electron chi connectivity index (χ3n) is 3.98. The van der Waals surface area contributed by atoms with Crippen LogP contribution in [-0.4, -0.2) is 26.9 Å². The van der Waals surface area contributed by atoms with Crippen LogP contribution < -0.4 is 11.5 Å². The molecule has 0 atom stereocenters. The first-order chi connectivity index (χ1) is 9.98. The number of aromatic nitrogens is 4. The molecule has 2 rings (SSSR count). The van der Waals surface area contributed by atoms with E-state index in [-0.39, 0.29) is 17.4 Å². The van der Waals surface area contributed by atoms with Gasteiger partial charge in [0.2, 0.25) is 0 Å². The van der Waals surface area contributed by atoms with Gasteiger partial charge in [-0.3, -0.25) is 10.2 Å². The highest BCUT2D eigenvalue weighted by molar-refractivity contribution is 5.34. The van der Waals surface area contributed by atoms with Crippen LogP contribution in [0.4, 0.5) is 0 Å². The molecule has 0 bridgehead atoms. The van der Waals surface area contributed by atoms with Crippen molar-refractivity contribution < 1.29 is 0 Å². The van der Waals surface area contributed by atoms with Crippen LogP contribution in [0.15, 0.2) is 12.1 Å². The Morgan fingerprint density at radius 3 is 1.45 bits per heavy atom. The van der Waals surface area contributed by atoms with Gasteiger partial charge in [-0.15, -0.1) is 0 Å². The Bertz CT molecular complexity index is 586. The van der Waals surface area contributed by atoms with Crippen LogP contribution in [-0.2, 0) is 16.4 Å². The minimum Gasteiger partial charge on any atom is -0.328 e. The minimum absolute atomic E-state index is 0.0468. The van der Waals surface area contributed by atoms with E-state index < -0.39 is 5.54 Å². The summed E-state index contributed by atoms with van der Waals surface area (Å²) in [5.41, 5.74) is 15.1. The zero-order valence-electron chi connectivity index (χ0n) is 14.4. The van der Waals surface area contributed by atoms with Crippen LogP contribution >= 0.6 is 0 Å². The molecule has 0 saturated carbocycles. The summed E-state index contributed by atoms with van der Waals surface area (Å²) in [6.45, 7) is 12.9. The fourth-order valence-corrected chi connectivity index (χ4v) is 2.23. The molecule has 0 aliphatic heterocycles. The largest absolute Gasteiger partial charge is 0.328 e. The lowest BCUT2D eigenvalue weighted by molar-refractivity contribution is 0.515. The number of nitrogens with two attached hydrogens (primary N) is 2. The average molecular weight is 304 g/mol. The van der Waals surface area contributed by atoms with E-state index in [2.05, 4.69) is 61.9 Å². The average Bonchev–Trinajstić information content (AvgIpc) is 3.05. The van der Waals surface area contributed by atoms with Gasteiger partial charge in [0, 0.05) is 17.4 Å². The minimum atomic E-state index is -0.854. The highest BCUT2D eigenvalue weighted by Gasteiger charge is 2.34. The zero-order valence-corrected chi connectivity index (χ0v) is 14.4. The molecule has 0 fully saturated rings. The van der Waals surface area contributed by atoms with Crippen molar-refractivity contribution in [3.05, 3.63) is 34.9 Å². The predicted molar refractivity (Wildman–Crippen MR) is 88.6 cm³/mol. The second-order valence-electron chi connectivity index (χ2n) is 8.01. The molecule has 0 aromatic carbocycles. The lowest BCUT2D eigenvalue weighted by Gasteiger charge is -2.25. The topological polar surface area (TPSA) is 109 Å². The van der Waals surface area contributed by atoms with Gasteiger partial charge in [0.1, 0.15) is 5.54 Å². The van der Waals surface area contributed by atoms with Crippen LogP contribution in [0.2, 0.25) is 0 Å². The second kappa shape index (κ2) is 5.21. The Hall–Kier alpha value is -1.66. The molecule has 6 N–H and O–H groups in total. The Balaban J connectivity index is 2.44. The normalized spacial score (nSPS) is 13.6. The highest BCUT2D eigenvalue weighted by Crippen LogP contribution is 2.30. The van der Waals surface area contributed by atoms with E-state index in [4.69, 9.17) is 11.5 Å². The summed E-state index contributed by atoms with van der Waals surface area (Å²) in [4.78, 5) is 0. The van der Waals surface area contributed by atoms with E-state index in [1.807, 2.05) is 12.1 Å². The Morgan fingerprint density at radius 1 is 0.864 bits per heavy atom. The van der Waals surface area contributed by atoms with Crippen molar-refractivity contribution in [2.45, 2.75) is 57.9 Å². The molecule has 22 heavy (non-hydrogen) atoms. The van der Waals surface area contributed by atoms with Crippen LogP contribution in [0.25, 0.3) is 0 Å². The monoisotopic (exact) mass is 304 g/mol. The molecule has 0 radical (unpaired) electrons. The fourth-order valence-electron chi connectivity index (χ4n) is 2.23. The second-order valence-corrected chi connectivity index (χ2v) is 8.01. The van der Waals surface area contributed by atoms with Gasteiger partial charge >= 0.3 is 0 Å². The predicted octanol–water partition coefficient (Wildman–Crippen LogP) is 1.89. The number of nitrogens with zero attached hydrogens (tertiary/aromatic N) is 2. The van der Waals surface area contributed by atoms with Crippen molar-refractivity contribution in [3.8, 4) is 0 Å². The molecule has 0 saturated heterocycles. The molecule has 0 unspecified atom stereocenters. The Morgan fingerprint density at radius 2 is 1.23 bits per heavy atom. The summed E-state index contributed by atoms with van der Waals surface area (Å²) >= 11 is 0. The first kappa shape index (κ1) is 16.7. The number of aromatic amines is 2. The van der Waals surface area contributed by atoms with Crippen molar-refractivity contribution in [3.63, 3.8) is 0 Å². The van der Waals surface area contributed by atoms with Crippen LogP contribution in [0, 0.1) is 0 Å².